The van der Waals surface area contributed by atoms with Gasteiger partial charge in [0, 0.05) is 5.56 Å². The predicted molar refractivity (Wildman–Crippen MR) is 74.3 cm³/mol. The Hall–Kier alpha value is -2.66. The van der Waals surface area contributed by atoms with E-state index in [1.165, 1.54) is 0 Å². The van der Waals surface area contributed by atoms with Crippen LogP contribution in [0.2, 0.25) is 0 Å². The highest BCUT2D eigenvalue weighted by Crippen LogP contribution is 2.22. The van der Waals surface area contributed by atoms with Crippen LogP contribution in [0.5, 0.6) is 0 Å². The van der Waals surface area contributed by atoms with Crippen molar-refractivity contribution < 1.29 is 24.5 Å². The molecule has 0 saturated carbocycles. The first-order chi connectivity index (χ1) is 10.1. The lowest BCUT2D eigenvalue weighted by Gasteiger charge is -2.16. The largest absolute Gasteiger partial charge is 0.478 e. The molecular formula is C16H14O5. The number of aliphatic hydroxyl groups excluding tert-OH is 1. The highest BCUT2D eigenvalue weighted by atomic mass is 16.6. The molecule has 0 unspecified atom stereocenters. The Labute approximate surface area is 121 Å². The molecule has 0 bridgehead atoms. The van der Waals surface area contributed by atoms with Crippen LogP contribution >= 0.6 is 0 Å². The van der Waals surface area contributed by atoms with Crippen LogP contribution in [-0.4, -0.2) is 22.2 Å². The van der Waals surface area contributed by atoms with Gasteiger partial charge in [-0.2, -0.15) is 0 Å². The van der Waals surface area contributed by atoms with Crippen molar-refractivity contribution in [3.8, 4) is 0 Å². The molecule has 108 valence electrons. The molecule has 0 radical (unpaired) electrons. The Morgan fingerprint density at radius 1 is 0.857 bits per heavy atom. The molecule has 2 rings (SSSR count). The third kappa shape index (κ3) is 3.67. The van der Waals surface area contributed by atoms with Gasteiger partial charge in [0.25, 0.3) is 0 Å². The van der Waals surface area contributed by atoms with Gasteiger partial charge >= 0.3 is 11.9 Å². The highest BCUT2D eigenvalue weighted by molar-refractivity contribution is 5.82. The van der Waals surface area contributed by atoms with Gasteiger partial charge in [0.2, 0.25) is 6.10 Å². The van der Waals surface area contributed by atoms with Crippen molar-refractivity contribution in [3.63, 3.8) is 0 Å². The molecule has 2 atom stereocenters. The fraction of sp³-hybridized carbons (Fsp3) is 0.125. The van der Waals surface area contributed by atoms with Crippen molar-refractivity contribution in [2.24, 2.45) is 0 Å². The summed E-state index contributed by atoms with van der Waals surface area (Å²) in [6.07, 6.45) is -2.96. The number of carboxylic acid groups (broad SMARTS) is 1. The van der Waals surface area contributed by atoms with E-state index in [1.54, 1.807) is 60.7 Å². The quantitative estimate of drug-likeness (QED) is 0.822. The summed E-state index contributed by atoms with van der Waals surface area (Å²) in [4.78, 5) is 23.1. The highest BCUT2D eigenvalue weighted by Gasteiger charge is 2.28. The number of esters is 1. The first-order valence-electron chi connectivity index (χ1n) is 6.31. The molecule has 0 heterocycles. The molecule has 0 spiro atoms. The van der Waals surface area contributed by atoms with E-state index in [-0.39, 0.29) is 0 Å². The Morgan fingerprint density at radius 2 is 1.33 bits per heavy atom. The zero-order chi connectivity index (χ0) is 15.2. The maximum absolute atomic E-state index is 11.9. The SMILES string of the molecule is O=C(O[C@@H](C(=O)O)c1ccccc1)[C@H](O)c1ccccc1. The number of carbonyl (C=O) groups excluding carboxylic acids is 1. The minimum absolute atomic E-state index is 0.332. The number of carbonyl (C=O) groups is 2. The van der Waals surface area contributed by atoms with Crippen LogP contribution in [0.25, 0.3) is 0 Å². The van der Waals surface area contributed by atoms with Crippen molar-refractivity contribution in [2.75, 3.05) is 0 Å². The second-order valence-corrected chi connectivity index (χ2v) is 4.38. The summed E-state index contributed by atoms with van der Waals surface area (Å²) in [6, 6.07) is 16.3. The van der Waals surface area contributed by atoms with Gasteiger partial charge in [0.05, 0.1) is 0 Å². The number of benzene rings is 2. The van der Waals surface area contributed by atoms with Crippen molar-refractivity contribution in [1.29, 1.82) is 0 Å². The molecule has 0 aliphatic heterocycles. The van der Waals surface area contributed by atoms with Crippen molar-refractivity contribution in [2.45, 2.75) is 12.2 Å². The third-order valence-corrected chi connectivity index (χ3v) is 2.90. The normalized spacial score (nSPS) is 13.2. The van der Waals surface area contributed by atoms with Crippen LogP contribution in [0, 0.1) is 0 Å². The van der Waals surface area contributed by atoms with Crippen LogP contribution < -0.4 is 0 Å². The molecule has 2 aromatic rings. The fourth-order valence-electron chi connectivity index (χ4n) is 1.84. The van der Waals surface area contributed by atoms with Crippen LogP contribution in [0.15, 0.2) is 60.7 Å². The van der Waals surface area contributed by atoms with E-state index in [4.69, 9.17) is 9.84 Å². The molecule has 2 aromatic carbocycles. The van der Waals surface area contributed by atoms with Gasteiger partial charge in [-0.15, -0.1) is 0 Å². The second kappa shape index (κ2) is 6.67. The van der Waals surface area contributed by atoms with Gasteiger partial charge in [0.15, 0.2) is 6.10 Å². The summed E-state index contributed by atoms with van der Waals surface area (Å²) in [5.41, 5.74) is 0.679. The van der Waals surface area contributed by atoms with Gasteiger partial charge in [-0.3, -0.25) is 0 Å². The Bertz CT molecular complexity index is 609. The van der Waals surface area contributed by atoms with Crippen LogP contribution in [-0.2, 0) is 14.3 Å². The smallest absolute Gasteiger partial charge is 0.349 e. The maximum atomic E-state index is 11.9. The zero-order valence-corrected chi connectivity index (χ0v) is 11.0. The molecule has 0 aliphatic rings. The topological polar surface area (TPSA) is 83.8 Å². The van der Waals surface area contributed by atoms with E-state index >= 15 is 0 Å². The van der Waals surface area contributed by atoms with E-state index in [9.17, 15) is 14.7 Å². The average Bonchev–Trinajstić information content (AvgIpc) is 2.53. The summed E-state index contributed by atoms with van der Waals surface area (Å²) in [5.74, 6) is -2.30. The van der Waals surface area contributed by atoms with Gasteiger partial charge < -0.3 is 14.9 Å². The predicted octanol–water partition coefficient (Wildman–Crippen LogP) is 2.09. The van der Waals surface area contributed by atoms with Gasteiger partial charge in [-0.05, 0) is 5.56 Å². The monoisotopic (exact) mass is 286 g/mol. The van der Waals surface area contributed by atoms with Gasteiger partial charge in [0.1, 0.15) is 0 Å². The molecule has 0 aliphatic carbocycles. The minimum Gasteiger partial charge on any atom is -0.478 e. The lowest BCUT2D eigenvalue weighted by molar-refractivity contribution is -0.171. The molecule has 5 heteroatoms. The average molecular weight is 286 g/mol. The molecule has 0 aromatic heterocycles. The number of rotatable bonds is 5. The van der Waals surface area contributed by atoms with E-state index in [2.05, 4.69) is 0 Å². The van der Waals surface area contributed by atoms with Gasteiger partial charge in [-0.1, -0.05) is 60.7 Å². The molecule has 0 amide bonds. The number of ether oxygens (including phenoxy) is 1. The fourth-order valence-corrected chi connectivity index (χ4v) is 1.84. The third-order valence-electron chi connectivity index (χ3n) is 2.90. The lowest BCUT2D eigenvalue weighted by atomic mass is 10.1. The van der Waals surface area contributed by atoms with Crippen molar-refractivity contribution in [1.82, 2.24) is 0 Å². The van der Waals surface area contributed by atoms with Crippen molar-refractivity contribution >= 4 is 11.9 Å². The molecule has 21 heavy (non-hydrogen) atoms. The van der Waals surface area contributed by atoms with Gasteiger partial charge in [-0.25, -0.2) is 9.59 Å². The van der Waals surface area contributed by atoms with Crippen LogP contribution in [0.3, 0.4) is 0 Å². The van der Waals surface area contributed by atoms with Crippen LogP contribution in [0.1, 0.15) is 23.3 Å². The van der Waals surface area contributed by atoms with E-state index in [1.807, 2.05) is 0 Å². The lowest BCUT2D eigenvalue weighted by Crippen LogP contribution is -2.23. The molecular weight excluding hydrogens is 272 g/mol. The molecule has 0 fully saturated rings. The summed E-state index contributed by atoms with van der Waals surface area (Å²) >= 11 is 0. The molecule has 2 N–H and O–H groups in total. The zero-order valence-electron chi connectivity index (χ0n) is 11.0. The summed E-state index contributed by atoms with van der Waals surface area (Å²) < 4.78 is 4.93. The Morgan fingerprint density at radius 3 is 1.81 bits per heavy atom. The minimum atomic E-state index is -1.52. The molecule has 0 saturated heterocycles. The van der Waals surface area contributed by atoms with E-state index < -0.39 is 24.1 Å². The number of carboxylic acids is 1. The number of hydrogen-bond acceptors (Lipinski definition) is 4. The summed E-state index contributed by atoms with van der Waals surface area (Å²) in [5, 5.41) is 19.1. The maximum Gasteiger partial charge on any atom is 0.349 e. The van der Waals surface area contributed by atoms with E-state index in [0.717, 1.165) is 0 Å². The van der Waals surface area contributed by atoms with Crippen molar-refractivity contribution in [3.05, 3.63) is 71.8 Å². The summed E-state index contributed by atoms with van der Waals surface area (Å²) in [7, 11) is 0. The Kier molecular flexibility index (Phi) is 4.68. The summed E-state index contributed by atoms with van der Waals surface area (Å²) in [6.45, 7) is 0. The number of aliphatic hydroxyl groups is 1. The number of aliphatic carboxylic acids is 1. The standard InChI is InChI=1S/C16H14O5/c17-13(11-7-3-1-4-8-11)16(20)21-14(15(18)19)12-9-5-2-6-10-12/h1-10,13-14,17H,(H,18,19)/t13-,14-/m1/s1. The van der Waals surface area contributed by atoms with Crippen LogP contribution in [0.4, 0.5) is 0 Å². The first kappa shape index (κ1) is 14.7. The first-order valence-corrected chi connectivity index (χ1v) is 6.31. The number of hydrogen-bond donors (Lipinski definition) is 2. The second-order valence-electron chi connectivity index (χ2n) is 4.38. The Balaban J connectivity index is 2.14. The van der Waals surface area contributed by atoms with E-state index in [0.29, 0.717) is 11.1 Å². The molecule has 5 nitrogen and oxygen atoms in total.